The van der Waals surface area contributed by atoms with Crippen LogP contribution in [0.25, 0.3) is 0 Å². The fourth-order valence-electron chi connectivity index (χ4n) is 2.71. The molecule has 0 aromatic carbocycles. The minimum atomic E-state index is 0.324. The summed E-state index contributed by atoms with van der Waals surface area (Å²) in [5.41, 5.74) is 1.22. The summed E-state index contributed by atoms with van der Waals surface area (Å²) in [6, 6.07) is 4.16. The van der Waals surface area contributed by atoms with E-state index < -0.39 is 0 Å². The van der Waals surface area contributed by atoms with Crippen LogP contribution in [0.4, 0.5) is 0 Å². The Balaban J connectivity index is 2.38. The first-order valence-electron chi connectivity index (χ1n) is 9.07. The molecule has 0 atom stereocenters. The second kappa shape index (κ2) is 11.3. The van der Waals surface area contributed by atoms with Gasteiger partial charge in [-0.3, -0.25) is 4.79 Å². The molecule has 0 fully saturated rings. The first kappa shape index (κ1) is 18.8. The Hall–Kier alpha value is -1.25. The minimum absolute atomic E-state index is 0.324. The lowest BCUT2D eigenvalue weighted by atomic mass is 10.1. The van der Waals surface area contributed by atoms with Crippen molar-refractivity contribution in [3.8, 4) is 0 Å². The molecule has 0 radical (unpaired) electrons. The summed E-state index contributed by atoms with van der Waals surface area (Å²) < 4.78 is 2.11. The van der Waals surface area contributed by atoms with Crippen LogP contribution in [0.15, 0.2) is 18.3 Å². The smallest absolute Gasteiger partial charge is 0.222 e. The molecule has 0 N–H and O–H groups in total. The summed E-state index contributed by atoms with van der Waals surface area (Å²) >= 11 is 0. The molecule has 0 saturated heterocycles. The van der Waals surface area contributed by atoms with Gasteiger partial charge in [0.25, 0.3) is 0 Å². The summed E-state index contributed by atoms with van der Waals surface area (Å²) in [5.74, 6) is 0.324. The van der Waals surface area contributed by atoms with Crippen molar-refractivity contribution in [2.24, 2.45) is 7.05 Å². The minimum Gasteiger partial charge on any atom is -0.353 e. The zero-order valence-corrected chi connectivity index (χ0v) is 14.8. The molecule has 3 heteroatoms. The highest BCUT2D eigenvalue weighted by atomic mass is 16.2. The standard InChI is InChI=1S/C19H34N2O/c1-4-6-8-9-10-11-14-19(22)21(16-7-5-2)17-18-13-12-15-20(18)3/h12-13,15H,4-11,14,16-17H2,1-3H3. The van der Waals surface area contributed by atoms with Crippen molar-refractivity contribution < 1.29 is 4.79 Å². The molecule has 1 rings (SSSR count). The van der Waals surface area contributed by atoms with Crippen LogP contribution in [0.2, 0.25) is 0 Å². The maximum atomic E-state index is 12.5. The number of nitrogens with zero attached hydrogens (tertiary/aromatic N) is 2. The largest absolute Gasteiger partial charge is 0.353 e. The Morgan fingerprint density at radius 3 is 2.36 bits per heavy atom. The molecule has 1 aromatic heterocycles. The van der Waals surface area contributed by atoms with Gasteiger partial charge in [0.2, 0.25) is 5.91 Å². The normalized spacial score (nSPS) is 10.9. The number of amides is 1. The van der Waals surface area contributed by atoms with E-state index in [2.05, 4.69) is 24.5 Å². The topological polar surface area (TPSA) is 25.2 Å². The monoisotopic (exact) mass is 306 g/mol. The molecule has 0 saturated carbocycles. The van der Waals surface area contributed by atoms with Gasteiger partial charge in [0, 0.05) is 31.9 Å². The summed E-state index contributed by atoms with van der Waals surface area (Å²) in [6.07, 6.45) is 12.4. The van der Waals surface area contributed by atoms with E-state index in [-0.39, 0.29) is 0 Å². The van der Waals surface area contributed by atoms with E-state index in [1.165, 1.54) is 37.8 Å². The fourth-order valence-corrected chi connectivity index (χ4v) is 2.71. The highest BCUT2D eigenvalue weighted by molar-refractivity contribution is 5.76. The van der Waals surface area contributed by atoms with Gasteiger partial charge in [-0.1, -0.05) is 52.4 Å². The Labute approximate surface area is 136 Å². The molecule has 3 nitrogen and oxygen atoms in total. The molecule has 126 valence electrons. The lowest BCUT2D eigenvalue weighted by Gasteiger charge is -2.23. The average Bonchev–Trinajstić information content (AvgIpc) is 2.92. The van der Waals surface area contributed by atoms with Crippen LogP contribution in [0.1, 0.15) is 77.3 Å². The van der Waals surface area contributed by atoms with Crippen molar-refractivity contribution in [3.05, 3.63) is 24.0 Å². The first-order valence-corrected chi connectivity index (χ1v) is 9.07. The van der Waals surface area contributed by atoms with Crippen molar-refractivity contribution in [2.75, 3.05) is 6.54 Å². The molecule has 1 aromatic rings. The maximum Gasteiger partial charge on any atom is 0.222 e. The Morgan fingerprint density at radius 1 is 1.05 bits per heavy atom. The number of hydrogen-bond donors (Lipinski definition) is 0. The molecule has 0 spiro atoms. The summed E-state index contributed by atoms with van der Waals surface area (Å²) in [5, 5.41) is 0. The molecule has 22 heavy (non-hydrogen) atoms. The van der Waals surface area contributed by atoms with Gasteiger partial charge in [0.15, 0.2) is 0 Å². The van der Waals surface area contributed by atoms with Crippen molar-refractivity contribution >= 4 is 5.91 Å². The molecule has 0 aliphatic carbocycles. The van der Waals surface area contributed by atoms with Gasteiger partial charge in [-0.15, -0.1) is 0 Å². The molecule has 0 aliphatic heterocycles. The second-order valence-electron chi connectivity index (χ2n) is 6.30. The van der Waals surface area contributed by atoms with Gasteiger partial charge >= 0.3 is 0 Å². The number of unbranched alkanes of at least 4 members (excludes halogenated alkanes) is 6. The molecule has 0 aliphatic rings. The van der Waals surface area contributed by atoms with E-state index in [0.717, 1.165) is 32.4 Å². The first-order chi connectivity index (χ1) is 10.7. The molecule has 1 amide bonds. The SMILES string of the molecule is CCCCCCCCC(=O)N(CCCC)Cc1cccn1C. The number of aryl methyl sites for hydroxylation is 1. The number of aromatic nitrogens is 1. The third-order valence-electron chi connectivity index (χ3n) is 4.28. The third-order valence-corrected chi connectivity index (χ3v) is 4.28. The lowest BCUT2D eigenvalue weighted by molar-refractivity contribution is -0.132. The van der Waals surface area contributed by atoms with Crippen molar-refractivity contribution in [1.82, 2.24) is 9.47 Å². The Bertz CT molecular complexity index is 411. The average molecular weight is 306 g/mol. The zero-order valence-electron chi connectivity index (χ0n) is 14.8. The van der Waals surface area contributed by atoms with Crippen molar-refractivity contribution in [2.45, 2.75) is 78.2 Å². The number of hydrogen-bond acceptors (Lipinski definition) is 1. The van der Waals surface area contributed by atoms with E-state index in [4.69, 9.17) is 0 Å². The second-order valence-corrected chi connectivity index (χ2v) is 6.30. The van der Waals surface area contributed by atoms with Crippen LogP contribution < -0.4 is 0 Å². The van der Waals surface area contributed by atoms with Crippen molar-refractivity contribution in [3.63, 3.8) is 0 Å². The molecular formula is C19H34N2O. The predicted octanol–water partition coefficient (Wildman–Crippen LogP) is 4.90. The predicted molar refractivity (Wildman–Crippen MR) is 93.7 cm³/mol. The highest BCUT2D eigenvalue weighted by Crippen LogP contribution is 2.12. The van der Waals surface area contributed by atoms with Gasteiger partial charge in [-0.2, -0.15) is 0 Å². The quantitative estimate of drug-likeness (QED) is 0.504. The Morgan fingerprint density at radius 2 is 1.73 bits per heavy atom. The van der Waals surface area contributed by atoms with Crippen LogP contribution in [-0.2, 0) is 18.4 Å². The summed E-state index contributed by atoms with van der Waals surface area (Å²) in [7, 11) is 2.05. The van der Waals surface area contributed by atoms with Crippen LogP contribution in [0, 0.1) is 0 Å². The van der Waals surface area contributed by atoms with Gasteiger partial charge in [0.05, 0.1) is 6.54 Å². The van der Waals surface area contributed by atoms with Gasteiger partial charge in [0.1, 0.15) is 0 Å². The number of rotatable bonds is 12. The van der Waals surface area contributed by atoms with Crippen molar-refractivity contribution in [1.29, 1.82) is 0 Å². The van der Waals surface area contributed by atoms with Crippen LogP contribution in [0.3, 0.4) is 0 Å². The van der Waals surface area contributed by atoms with Gasteiger partial charge in [-0.05, 0) is 25.0 Å². The van der Waals surface area contributed by atoms with E-state index in [9.17, 15) is 4.79 Å². The Kier molecular flexibility index (Phi) is 9.69. The molecule has 0 unspecified atom stereocenters. The summed E-state index contributed by atoms with van der Waals surface area (Å²) in [4.78, 5) is 14.5. The molecule has 1 heterocycles. The number of carbonyl (C=O) groups is 1. The zero-order chi connectivity index (χ0) is 16.2. The van der Waals surface area contributed by atoms with E-state index >= 15 is 0 Å². The number of carbonyl (C=O) groups excluding carboxylic acids is 1. The van der Waals surface area contributed by atoms with Crippen LogP contribution in [0.5, 0.6) is 0 Å². The maximum absolute atomic E-state index is 12.5. The highest BCUT2D eigenvalue weighted by Gasteiger charge is 2.14. The molecule has 0 bridgehead atoms. The van der Waals surface area contributed by atoms with Gasteiger partial charge < -0.3 is 9.47 Å². The molecular weight excluding hydrogens is 272 g/mol. The van der Waals surface area contributed by atoms with E-state index in [0.29, 0.717) is 12.3 Å². The van der Waals surface area contributed by atoms with E-state index in [1.807, 2.05) is 24.2 Å². The van der Waals surface area contributed by atoms with E-state index in [1.54, 1.807) is 0 Å². The lowest BCUT2D eigenvalue weighted by Crippen LogP contribution is -2.32. The van der Waals surface area contributed by atoms with Crippen LogP contribution in [-0.4, -0.2) is 21.9 Å². The fraction of sp³-hybridized carbons (Fsp3) is 0.737. The van der Waals surface area contributed by atoms with Gasteiger partial charge in [-0.25, -0.2) is 0 Å². The third kappa shape index (κ3) is 7.15. The van der Waals surface area contributed by atoms with Crippen LogP contribution >= 0.6 is 0 Å². The summed E-state index contributed by atoms with van der Waals surface area (Å²) in [6.45, 7) is 6.05.